The molecule has 0 saturated carbocycles. The predicted molar refractivity (Wildman–Crippen MR) is 82.4 cm³/mol. The second-order valence-electron chi connectivity index (χ2n) is 4.82. The van der Waals surface area contributed by atoms with Crippen molar-refractivity contribution in [3.8, 4) is 5.75 Å². The Bertz CT molecular complexity index is 644. The Kier molecular flexibility index (Phi) is 4.77. The van der Waals surface area contributed by atoms with Gasteiger partial charge in [0.2, 0.25) is 5.91 Å². The van der Waals surface area contributed by atoms with Gasteiger partial charge in [0, 0.05) is 6.20 Å². The van der Waals surface area contributed by atoms with Gasteiger partial charge in [-0.15, -0.1) is 0 Å². The van der Waals surface area contributed by atoms with Crippen molar-refractivity contribution in [1.82, 2.24) is 4.98 Å². The highest BCUT2D eigenvalue weighted by Gasteiger charge is 2.16. The fraction of sp³-hybridized carbons (Fsp3) is 0.200. The highest BCUT2D eigenvalue weighted by atomic mass is 35.5. The van der Waals surface area contributed by atoms with Gasteiger partial charge in [-0.25, -0.2) is 4.98 Å². The second kappa shape index (κ2) is 6.56. The van der Waals surface area contributed by atoms with Crippen molar-refractivity contribution in [2.75, 3.05) is 5.32 Å². The first-order chi connectivity index (χ1) is 9.95. The lowest BCUT2D eigenvalue weighted by molar-refractivity contribution is -0.117. The van der Waals surface area contributed by atoms with Gasteiger partial charge >= 0.3 is 0 Å². The summed E-state index contributed by atoms with van der Waals surface area (Å²) in [5.74, 6) is -0.160. The average Bonchev–Trinajstić information content (AvgIpc) is 2.45. The van der Waals surface area contributed by atoms with Crippen molar-refractivity contribution in [2.24, 2.45) is 5.73 Å². The summed E-state index contributed by atoms with van der Waals surface area (Å²) in [6.45, 7) is 1.86. The highest BCUT2D eigenvalue weighted by molar-refractivity contribution is 6.32. The second-order valence-corrected chi connectivity index (χ2v) is 5.18. The van der Waals surface area contributed by atoms with E-state index in [1.54, 1.807) is 36.5 Å². The molecule has 4 N–H and O–H groups in total. The molecule has 1 amide bonds. The summed E-state index contributed by atoms with van der Waals surface area (Å²) in [7, 11) is 0. The van der Waals surface area contributed by atoms with Crippen LogP contribution in [0.15, 0.2) is 36.5 Å². The van der Waals surface area contributed by atoms with Gasteiger partial charge in [-0.2, -0.15) is 0 Å². The van der Waals surface area contributed by atoms with E-state index in [-0.39, 0.29) is 16.8 Å². The van der Waals surface area contributed by atoms with Crippen LogP contribution in [-0.4, -0.2) is 22.0 Å². The molecule has 21 heavy (non-hydrogen) atoms. The van der Waals surface area contributed by atoms with E-state index in [0.717, 1.165) is 11.1 Å². The van der Waals surface area contributed by atoms with E-state index in [4.69, 9.17) is 17.3 Å². The molecule has 0 radical (unpaired) electrons. The number of amides is 1. The zero-order valence-electron chi connectivity index (χ0n) is 11.5. The molecular formula is C15H16ClN3O2. The molecule has 5 nitrogen and oxygen atoms in total. The quantitative estimate of drug-likeness (QED) is 0.756. The van der Waals surface area contributed by atoms with E-state index in [1.807, 2.05) is 6.92 Å². The Morgan fingerprint density at radius 3 is 2.76 bits per heavy atom. The van der Waals surface area contributed by atoms with Crippen LogP contribution in [0, 0.1) is 6.92 Å². The number of halogens is 1. The highest BCUT2D eigenvalue weighted by Crippen LogP contribution is 2.20. The molecule has 6 heteroatoms. The van der Waals surface area contributed by atoms with Gasteiger partial charge in [0.1, 0.15) is 5.75 Å². The number of benzene rings is 1. The summed E-state index contributed by atoms with van der Waals surface area (Å²) < 4.78 is 0. The van der Waals surface area contributed by atoms with E-state index in [2.05, 4.69) is 10.3 Å². The number of carbonyl (C=O) groups excluding carboxylic acids is 1. The van der Waals surface area contributed by atoms with Gasteiger partial charge in [0.15, 0.2) is 5.15 Å². The normalized spacial score (nSPS) is 12.0. The molecule has 0 aliphatic carbocycles. The molecule has 110 valence electrons. The van der Waals surface area contributed by atoms with E-state index in [0.29, 0.717) is 12.1 Å². The van der Waals surface area contributed by atoms with Crippen LogP contribution in [0.25, 0.3) is 0 Å². The van der Waals surface area contributed by atoms with Gasteiger partial charge in [-0.3, -0.25) is 4.79 Å². The molecule has 0 saturated heterocycles. The molecule has 0 fully saturated rings. The lowest BCUT2D eigenvalue weighted by atomic mass is 10.1. The zero-order valence-corrected chi connectivity index (χ0v) is 12.3. The Morgan fingerprint density at radius 1 is 1.43 bits per heavy atom. The number of nitrogens with zero attached hydrogens (tertiary/aromatic N) is 1. The van der Waals surface area contributed by atoms with Gasteiger partial charge < -0.3 is 16.2 Å². The number of aromatic hydroxyl groups is 1. The maximum Gasteiger partial charge on any atom is 0.241 e. The number of phenols is 1. The number of hydrogen-bond acceptors (Lipinski definition) is 4. The number of aryl methyl sites for hydroxylation is 1. The van der Waals surface area contributed by atoms with Gasteiger partial charge in [-0.1, -0.05) is 23.7 Å². The number of pyridine rings is 1. The molecule has 0 aliphatic rings. The van der Waals surface area contributed by atoms with Crippen molar-refractivity contribution in [3.05, 3.63) is 52.8 Å². The lowest BCUT2D eigenvalue weighted by Gasteiger charge is -2.13. The van der Waals surface area contributed by atoms with Crippen LogP contribution < -0.4 is 11.1 Å². The van der Waals surface area contributed by atoms with Crippen LogP contribution in [-0.2, 0) is 11.2 Å². The maximum atomic E-state index is 12.1. The summed E-state index contributed by atoms with van der Waals surface area (Å²) in [5.41, 5.74) is 8.09. The molecule has 1 heterocycles. The van der Waals surface area contributed by atoms with E-state index < -0.39 is 6.04 Å². The van der Waals surface area contributed by atoms with Gasteiger partial charge in [-0.05, 0) is 42.7 Å². The topological polar surface area (TPSA) is 88.2 Å². The van der Waals surface area contributed by atoms with Crippen molar-refractivity contribution < 1.29 is 9.90 Å². The maximum absolute atomic E-state index is 12.1. The SMILES string of the molecule is Cc1cnc(Cl)c(NC(=O)C(N)Cc2ccc(O)cc2)c1. The molecule has 2 aromatic rings. The number of carbonyl (C=O) groups is 1. The zero-order chi connectivity index (χ0) is 15.4. The minimum absolute atomic E-state index is 0.175. The Labute approximate surface area is 127 Å². The first-order valence-electron chi connectivity index (χ1n) is 6.42. The van der Waals surface area contributed by atoms with Crippen LogP contribution >= 0.6 is 11.6 Å². The van der Waals surface area contributed by atoms with Crippen LogP contribution in [0.1, 0.15) is 11.1 Å². The third-order valence-electron chi connectivity index (χ3n) is 2.96. The summed E-state index contributed by atoms with van der Waals surface area (Å²) in [5, 5.41) is 12.1. The summed E-state index contributed by atoms with van der Waals surface area (Å²) >= 11 is 5.93. The molecular weight excluding hydrogens is 290 g/mol. The summed E-state index contributed by atoms with van der Waals surface area (Å²) in [6, 6.07) is 7.59. The predicted octanol–water partition coefficient (Wildman–Crippen LogP) is 2.26. The number of aromatic nitrogens is 1. The van der Waals surface area contributed by atoms with Crippen molar-refractivity contribution >= 4 is 23.2 Å². The molecule has 2 rings (SSSR count). The minimum Gasteiger partial charge on any atom is -0.508 e. The standard InChI is InChI=1S/C15H16ClN3O2/c1-9-6-13(14(16)18-8-9)19-15(21)12(17)7-10-2-4-11(20)5-3-10/h2-6,8,12,20H,7,17H2,1H3,(H,19,21). The smallest absolute Gasteiger partial charge is 0.241 e. The van der Waals surface area contributed by atoms with Crippen LogP contribution in [0.3, 0.4) is 0 Å². The summed E-state index contributed by atoms with van der Waals surface area (Å²) in [4.78, 5) is 16.0. The largest absolute Gasteiger partial charge is 0.508 e. The van der Waals surface area contributed by atoms with Crippen LogP contribution in [0.5, 0.6) is 5.75 Å². The number of hydrogen-bond donors (Lipinski definition) is 3. The van der Waals surface area contributed by atoms with Crippen molar-refractivity contribution in [1.29, 1.82) is 0 Å². The van der Waals surface area contributed by atoms with Crippen molar-refractivity contribution in [2.45, 2.75) is 19.4 Å². The van der Waals surface area contributed by atoms with Crippen LogP contribution in [0.4, 0.5) is 5.69 Å². The first-order valence-corrected chi connectivity index (χ1v) is 6.80. The average molecular weight is 306 g/mol. The molecule has 0 spiro atoms. The Balaban J connectivity index is 2.02. The monoisotopic (exact) mass is 305 g/mol. The Morgan fingerprint density at radius 2 is 2.10 bits per heavy atom. The number of nitrogens with one attached hydrogen (secondary N) is 1. The minimum atomic E-state index is -0.717. The number of phenolic OH excluding ortho intramolecular Hbond substituents is 1. The van der Waals surface area contributed by atoms with E-state index >= 15 is 0 Å². The summed E-state index contributed by atoms with van der Waals surface area (Å²) in [6.07, 6.45) is 1.98. The van der Waals surface area contributed by atoms with Gasteiger partial charge in [0.05, 0.1) is 11.7 Å². The van der Waals surface area contributed by atoms with Gasteiger partial charge in [0.25, 0.3) is 0 Å². The van der Waals surface area contributed by atoms with E-state index in [1.165, 1.54) is 0 Å². The molecule has 1 unspecified atom stereocenters. The first kappa shape index (κ1) is 15.3. The molecule has 0 aliphatic heterocycles. The lowest BCUT2D eigenvalue weighted by Crippen LogP contribution is -2.37. The van der Waals surface area contributed by atoms with Crippen LogP contribution in [0.2, 0.25) is 5.15 Å². The molecule has 0 bridgehead atoms. The molecule has 1 aromatic carbocycles. The Hall–Kier alpha value is -2.11. The number of nitrogens with two attached hydrogens (primary N) is 1. The molecule has 1 aromatic heterocycles. The number of anilines is 1. The fourth-order valence-electron chi connectivity index (χ4n) is 1.84. The van der Waals surface area contributed by atoms with E-state index in [9.17, 15) is 9.90 Å². The molecule has 1 atom stereocenters. The third kappa shape index (κ3) is 4.18. The fourth-order valence-corrected chi connectivity index (χ4v) is 1.99. The number of rotatable bonds is 4. The third-order valence-corrected chi connectivity index (χ3v) is 3.26. The van der Waals surface area contributed by atoms with Crippen molar-refractivity contribution in [3.63, 3.8) is 0 Å².